The molecule has 0 saturated heterocycles. The number of ether oxygens (including phenoxy) is 1. The fraction of sp³-hybridized carbons (Fsp3) is 0.0952. The second kappa shape index (κ2) is 7.86. The Labute approximate surface area is 151 Å². The minimum absolute atomic E-state index is 0.204. The van der Waals surface area contributed by atoms with Gasteiger partial charge in [-0.1, -0.05) is 72.3 Å². The Kier molecular flexibility index (Phi) is 5.36. The molecule has 126 valence electrons. The van der Waals surface area contributed by atoms with Gasteiger partial charge in [-0.25, -0.2) is 4.79 Å². The van der Waals surface area contributed by atoms with Crippen molar-refractivity contribution in [2.45, 2.75) is 12.5 Å². The van der Waals surface area contributed by atoms with E-state index in [2.05, 4.69) is 0 Å². The van der Waals surface area contributed by atoms with E-state index >= 15 is 0 Å². The molecule has 0 unspecified atom stereocenters. The van der Waals surface area contributed by atoms with Gasteiger partial charge in [-0.2, -0.15) is 0 Å². The second-order valence-corrected chi connectivity index (χ2v) is 6.04. The maximum absolute atomic E-state index is 11.5. The summed E-state index contributed by atoms with van der Waals surface area (Å²) in [6.45, 7) is 0. The van der Waals surface area contributed by atoms with Crippen molar-refractivity contribution in [3.05, 3.63) is 89.4 Å². The number of benzene rings is 3. The first kappa shape index (κ1) is 17.1. The maximum Gasteiger partial charge on any atom is 0.345 e. The van der Waals surface area contributed by atoms with Crippen LogP contribution in [0.3, 0.4) is 0 Å². The fourth-order valence-corrected chi connectivity index (χ4v) is 2.78. The van der Waals surface area contributed by atoms with Crippen molar-refractivity contribution in [3.63, 3.8) is 0 Å². The Bertz CT molecular complexity index is 845. The molecule has 0 bridgehead atoms. The summed E-state index contributed by atoms with van der Waals surface area (Å²) in [4.78, 5) is 11.5. The first-order chi connectivity index (χ1) is 12.1. The van der Waals surface area contributed by atoms with Crippen LogP contribution in [0.25, 0.3) is 11.1 Å². The highest BCUT2D eigenvalue weighted by Gasteiger charge is 2.21. The highest BCUT2D eigenvalue weighted by Crippen LogP contribution is 2.24. The lowest BCUT2D eigenvalue weighted by atomic mass is 10.1. The quantitative estimate of drug-likeness (QED) is 0.672. The van der Waals surface area contributed by atoms with Crippen molar-refractivity contribution < 1.29 is 14.6 Å². The third-order valence-electron chi connectivity index (χ3n) is 3.88. The van der Waals surface area contributed by atoms with Crippen LogP contribution >= 0.6 is 11.6 Å². The summed E-state index contributed by atoms with van der Waals surface area (Å²) in [6.07, 6.45) is -0.794. The normalized spacial score (nSPS) is 11.7. The van der Waals surface area contributed by atoms with Gasteiger partial charge < -0.3 is 9.84 Å². The number of rotatable bonds is 6. The van der Waals surface area contributed by atoms with Crippen LogP contribution in [0.5, 0.6) is 5.75 Å². The van der Waals surface area contributed by atoms with Crippen LogP contribution in [0, 0.1) is 0 Å². The third kappa shape index (κ3) is 4.40. The molecule has 3 aromatic carbocycles. The summed E-state index contributed by atoms with van der Waals surface area (Å²) in [6, 6.07) is 24.5. The lowest BCUT2D eigenvalue weighted by molar-refractivity contribution is -0.145. The topological polar surface area (TPSA) is 46.5 Å². The second-order valence-electron chi connectivity index (χ2n) is 5.63. The van der Waals surface area contributed by atoms with Crippen molar-refractivity contribution in [1.29, 1.82) is 0 Å². The zero-order chi connectivity index (χ0) is 17.6. The zero-order valence-corrected chi connectivity index (χ0v) is 14.2. The number of carboxylic acids is 1. The molecule has 0 aliphatic carbocycles. The van der Waals surface area contributed by atoms with Crippen molar-refractivity contribution in [3.8, 4) is 16.9 Å². The molecule has 1 atom stereocenters. The highest BCUT2D eigenvalue weighted by atomic mass is 35.5. The molecular formula is C21H17ClO3. The molecule has 0 fully saturated rings. The molecule has 0 aromatic heterocycles. The van der Waals surface area contributed by atoms with E-state index in [0.29, 0.717) is 10.8 Å². The third-order valence-corrected chi connectivity index (χ3v) is 4.25. The van der Waals surface area contributed by atoms with Gasteiger partial charge in [-0.05, 0) is 34.9 Å². The van der Waals surface area contributed by atoms with E-state index < -0.39 is 12.1 Å². The van der Waals surface area contributed by atoms with Crippen LogP contribution in [0.2, 0.25) is 5.02 Å². The number of hydrogen-bond acceptors (Lipinski definition) is 2. The van der Waals surface area contributed by atoms with Crippen LogP contribution in [0.15, 0.2) is 78.9 Å². The molecule has 0 radical (unpaired) electrons. The molecule has 4 heteroatoms. The van der Waals surface area contributed by atoms with Gasteiger partial charge in [0.05, 0.1) is 0 Å². The number of carbonyl (C=O) groups is 1. The average Bonchev–Trinajstić information content (AvgIpc) is 2.64. The molecule has 3 rings (SSSR count). The molecule has 0 amide bonds. The monoisotopic (exact) mass is 352 g/mol. The summed E-state index contributed by atoms with van der Waals surface area (Å²) < 4.78 is 5.67. The summed E-state index contributed by atoms with van der Waals surface area (Å²) in [5.41, 5.74) is 2.89. The van der Waals surface area contributed by atoms with Crippen LogP contribution in [-0.4, -0.2) is 17.2 Å². The van der Waals surface area contributed by atoms with Crippen molar-refractivity contribution in [1.82, 2.24) is 0 Å². The first-order valence-electron chi connectivity index (χ1n) is 7.92. The van der Waals surface area contributed by atoms with E-state index in [-0.39, 0.29) is 6.42 Å². The van der Waals surface area contributed by atoms with Gasteiger partial charge >= 0.3 is 5.97 Å². The molecule has 0 aliphatic heterocycles. The Balaban J connectivity index is 1.74. The average molecular weight is 353 g/mol. The molecule has 0 saturated carbocycles. The Hall–Kier alpha value is -2.78. The van der Waals surface area contributed by atoms with E-state index in [0.717, 1.165) is 16.7 Å². The van der Waals surface area contributed by atoms with E-state index in [9.17, 15) is 9.90 Å². The molecular weight excluding hydrogens is 336 g/mol. The van der Waals surface area contributed by atoms with E-state index in [4.69, 9.17) is 16.3 Å². The number of aliphatic carboxylic acids is 1. The predicted molar refractivity (Wildman–Crippen MR) is 99.1 cm³/mol. The molecule has 3 aromatic rings. The van der Waals surface area contributed by atoms with Crippen LogP contribution in [0.4, 0.5) is 0 Å². The highest BCUT2D eigenvalue weighted by molar-refractivity contribution is 6.31. The standard InChI is InChI=1S/C21H17ClO3/c22-19-9-5-4-8-17(19)14-20(21(23)24)25-18-12-10-16(11-13-18)15-6-2-1-3-7-15/h1-13,20H,14H2,(H,23,24)/t20-/m1/s1. The number of hydrogen-bond donors (Lipinski definition) is 1. The van der Waals surface area contributed by atoms with Gasteiger partial charge in [0, 0.05) is 11.4 Å². The summed E-state index contributed by atoms with van der Waals surface area (Å²) >= 11 is 6.12. The minimum atomic E-state index is -1.02. The molecule has 1 N–H and O–H groups in total. The van der Waals surface area contributed by atoms with Crippen LogP contribution in [0.1, 0.15) is 5.56 Å². The smallest absolute Gasteiger partial charge is 0.345 e. The summed E-state index contributed by atoms with van der Waals surface area (Å²) in [5, 5.41) is 9.99. The Morgan fingerprint density at radius 2 is 1.48 bits per heavy atom. The van der Waals surface area contributed by atoms with Crippen LogP contribution < -0.4 is 4.74 Å². The molecule has 0 spiro atoms. The maximum atomic E-state index is 11.5. The largest absolute Gasteiger partial charge is 0.478 e. The number of carboxylic acid groups (broad SMARTS) is 1. The van der Waals surface area contributed by atoms with Crippen molar-refractivity contribution in [2.24, 2.45) is 0 Å². The Morgan fingerprint density at radius 1 is 0.880 bits per heavy atom. The lowest BCUT2D eigenvalue weighted by Crippen LogP contribution is -2.29. The molecule has 0 aliphatic rings. The van der Waals surface area contributed by atoms with Gasteiger partial charge in [0.15, 0.2) is 6.10 Å². The first-order valence-corrected chi connectivity index (χ1v) is 8.29. The summed E-state index contributed by atoms with van der Waals surface area (Å²) in [5.74, 6) is -0.508. The molecule has 3 nitrogen and oxygen atoms in total. The Morgan fingerprint density at radius 3 is 2.12 bits per heavy atom. The van der Waals surface area contributed by atoms with Gasteiger partial charge in [-0.15, -0.1) is 0 Å². The van der Waals surface area contributed by atoms with Gasteiger partial charge in [-0.3, -0.25) is 0 Å². The van der Waals surface area contributed by atoms with Crippen molar-refractivity contribution >= 4 is 17.6 Å². The van der Waals surface area contributed by atoms with Crippen molar-refractivity contribution in [2.75, 3.05) is 0 Å². The number of halogens is 1. The SMILES string of the molecule is O=C(O)[C@@H](Cc1ccccc1Cl)Oc1ccc(-c2ccccc2)cc1. The molecule has 25 heavy (non-hydrogen) atoms. The van der Waals surface area contributed by atoms with E-state index in [1.165, 1.54) is 0 Å². The lowest BCUT2D eigenvalue weighted by Gasteiger charge is -2.16. The predicted octanol–water partition coefficient (Wildman–Crippen LogP) is 5.08. The molecule has 0 heterocycles. The zero-order valence-electron chi connectivity index (χ0n) is 13.4. The van der Waals surface area contributed by atoms with E-state index in [1.54, 1.807) is 24.3 Å². The van der Waals surface area contributed by atoms with E-state index in [1.807, 2.05) is 54.6 Å². The van der Waals surface area contributed by atoms with Gasteiger partial charge in [0.2, 0.25) is 0 Å². The van der Waals surface area contributed by atoms with Crippen LogP contribution in [-0.2, 0) is 11.2 Å². The van der Waals surface area contributed by atoms with Gasteiger partial charge in [0.25, 0.3) is 0 Å². The summed E-state index contributed by atoms with van der Waals surface area (Å²) in [7, 11) is 0. The van der Waals surface area contributed by atoms with Gasteiger partial charge in [0.1, 0.15) is 5.75 Å². The fourth-order valence-electron chi connectivity index (χ4n) is 2.56. The minimum Gasteiger partial charge on any atom is -0.478 e.